The summed E-state index contributed by atoms with van der Waals surface area (Å²) in [5.74, 6) is 4.95. The van der Waals surface area contributed by atoms with E-state index in [0.717, 1.165) is 26.2 Å². The quantitative estimate of drug-likeness (QED) is 0.467. The highest BCUT2D eigenvalue weighted by Gasteiger charge is 2.24. The summed E-state index contributed by atoms with van der Waals surface area (Å²) < 4.78 is 0. The molecule has 0 aliphatic carbocycles. The van der Waals surface area contributed by atoms with Gasteiger partial charge in [-0.3, -0.25) is 19.9 Å². The second kappa shape index (κ2) is 8.97. The minimum atomic E-state index is -0.222. The SMILES string of the molecule is Cc1ccc(C(C)N2CCN(C(=O)CCCC(=O)NN)CC2)cc1C. The van der Waals surface area contributed by atoms with E-state index in [2.05, 4.69) is 49.3 Å². The van der Waals surface area contributed by atoms with Crippen molar-refractivity contribution in [2.45, 2.75) is 46.1 Å². The Balaban J connectivity index is 1.81. The Morgan fingerprint density at radius 1 is 1.12 bits per heavy atom. The number of benzene rings is 1. The zero-order valence-corrected chi connectivity index (χ0v) is 15.5. The third-order valence-electron chi connectivity index (χ3n) is 5.18. The van der Waals surface area contributed by atoms with Crippen LogP contribution in [0.2, 0.25) is 0 Å². The zero-order valence-electron chi connectivity index (χ0n) is 15.5. The average Bonchev–Trinajstić information content (AvgIpc) is 2.63. The summed E-state index contributed by atoms with van der Waals surface area (Å²) in [6, 6.07) is 7.00. The number of carbonyl (C=O) groups is 2. The molecule has 2 rings (SSSR count). The van der Waals surface area contributed by atoms with Gasteiger partial charge in [-0.1, -0.05) is 18.2 Å². The smallest absolute Gasteiger partial charge is 0.233 e. The van der Waals surface area contributed by atoms with Gasteiger partial charge in [-0.2, -0.15) is 0 Å². The predicted molar refractivity (Wildman–Crippen MR) is 98.7 cm³/mol. The maximum Gasteiger partial charge on any atom is 0.233 e. The van der Waals surface area contributed by atoms with Gasteiger partial charge in [0.1, 0.15) is 0 Å². The third-order valence-corrected chi connectivity index (χ3v) is 5.18. The molecule has 1 atom stereocenters. The van der Waals surface area contributed by atoms with Crippen LogP contribution in [0.5, 0.6) is 0 Å². The van der Waals surface area contributed by atoms with Gasteiger partial charge in [-0.05, 0) is 43.9 Å². The van der Waals surface area contributed by atoms with Gasteiger partial charge in [-0.15, -0.1) is 0 Å². The predicted octanol–water partition coefficient (Wildman–Crippen LogP) is 1.67. The molecule has 2 amide bonds. The van der Waals surface area contributed by atoms with Gasteiger partial charge in [0.15, 0.2) is 0 Å². The number of hydrogen-bond donors (Lipinski definition) is 2. The van der Waals surface area contributed by atoms with Crippen LogP contribution in [0.25, 0.3) is 0 Å². The molecule has 6 nitrogen and oxygen atoms in total. The molecule has 0 radical (unpaired) electrons. The van der Waals surface area contributed by atoms with Crippen LogP contribution in [0.15, 0.2) is 18.2 Å². The summed E-state index contributed by atoms with van der Waals surface area (Å²) in [4.78, 5) is 27.7. The maximum absolute atomic E-state index is 12.2. The van der Waals surface area contributed by atoms with Crippen LogP contribution in [-0.4, -0.2) is 47.8 Å². The van der Waals surface area contributed by atoms with Crippen molar-refractivity contribution in [1.82, 2.24) is 15.2 Å². The third kappa shape index (κ3) is 5.28. The van der Waals surface area contributed by atoms with Crippen LogP contribution < -0.4 is 11.3 Å². The lowest BCUT2D eigenvalue weighted by Crippen LogP contribution is -2.49. The fourth-order valence-corrected chi connectivity index (χ4v) is 3.22. The number of nitrogens with zero attached hydrogens (tertiary/aromatic N) is 2. The molecule has 1 aliphatic heterocycles. The molecule has 1 unspecified atom stereocenters. The fraction of sp³-hybridized carbons (Fsp3) is 0.579. The second-order valence-electron chi connectivity index (χ2n) is 6.86. The number of nitrogens with one attached hydrogen (secondary N) is 1. The maximum atomic E-state index is 12.2. The molecule has 0 spiro atoms. The summed E-state index contributed by atoms with van der Waals surface area (Å²) >= 11 is 0. The first-order valence-corrected chi connectivity index (χ1v) is 9.00. The van der Waals surface area contributed by atoms with Crippen molar-refractivity contribution in [2.24, 2.45) is 5.84 Å². The van der Waals surface area contributed by atoms with Crippen LogP contribution in [0.3, 0.4) is 0 Å². The number of piperazine rings is 1. The molecule has 1 fully saturated rings. The highest BCUT2D eigenvalue weighted by Crippen LogP contribution is 2.23. The Hall–Kier alpha value is -1.92. The van der Waals surface area contributed by atoms with Gasteiger partial charge in [0, 0.05) is 45.1 Å². The standard InChI is InChI=1S/C19H30N4O2/c1-14-7-8-17(13-15(14)2)16(3)22-9-11-23(12-10-22)19(25)6-4-5-18(24)21-20/h7-8,13,16H,4-6,9-12,20H2,1-3H3,(H,21,24). The first-order valence-electron chi connectivity index (χ1n) is 9.00. The van der Waals surface area contributed by atoms with Gasteiger partial charge in [-0.25, -0.2) is 5.84 Å². The summed E-state index contributed by atoms with van der Waals surface area (Å²) in [5, 5.41) is 0. The molecule has 0 aromatic heterocycles. The second-order valence-corrected chi connectivity index (χ2v) is 6.86. The molecule has 0 bridgehead atoms. The van der Waals surface area contributed by atoms with Crippen molar-refractivity contribution in [1.29, 1.82) is 0 Å². The molecule has 1 aromatic rings. The van der Waals surface area contributed by atoms with Gasteiger partial charge in [0.05, 0.1) is 0 Å². The normalized spacial score (nSPS) is 16.6. The molecule has 1 aliphatic rings. The minimum Gasteiger partial charge on any atom is -0.340 e. The van der Waals surface area contributed by atoms with Gasteiger partial charge in [0.2, 0.25) is 11.8 Å². The lowest BCUT2D eigenvalue weighted by molar-refractivity contribution is -0.133. The van der Waals surface area contributed by atoms with E-state index in [9.17, 15) is 9.59 Å². The Bertz CT molecular complexity index is 609. The molecule has 25 heavy (non-hydrogen) atoms. The lowest BCUT2D eigenvalue weighted by Gasteiger charge is -2.38. The van der Waals surface area contributed by atoms with E-state index in [1.54, 1.807) is 0 Å². The zero-order chi connectivity index (χ0) is 18.4. The van der Waals surface area contributed by atoms with E-state index in [0.29, 0.717) is 25.3 Å². The molecular weight excluding hydrogens is 316 g/mol. The molecule has 3 N–H and O–H groups in total. The Labute approximate surface area is 150 Å². The van der Waals surface area contributed by atoms with Gasteiger partial charge in [0.25, 0.3) is 0 Å². The van der Waals surface area contributed by atoms with E-state index in [-0.39, 0.29) is 11.8 Å². The number of hydrazine groups is 1. The molecular formula is C19H30N4O2. The van der Waals surface area contributed by atoms with Gasteiger partial charge < -0.3 is 4.90 Å². The van der Waals surface area contributed by atoms with Crippen molar-refractivity contribution in [3.8, 4) is 0 Å². The van der Waals surface area contributed by atoms with E-state index < -0.39 is 0 Å². The molecule has 0 saturated carbocycles. The van der Waals surface area contributed by atoms with Crippen molar-refractivity contribution >= 4 is 11.8 Å². The first kappa shape index (κ1) is 19.4. The summed E-state index contributed by atoms with van der Waals surface area (Å²) in [6.45, 7) is 9.76. The minimum absolute atomic E-state index is 0.128. The highest BCUT2D eigenvalue weighted by atomic mass is 16.2. The number of rotatable bonds is 6. The first-order chi connectivity index (χ1) is 11.9. The summed E-state index contributed by atoms with van der Waals surface area (Å²) in [7, 11) is 0. The van der Waals surface area contributed by atoms with Crippen LogP contribution >= 0.6 is 0 Å². The Morgan fingerprint density at radius 2 is 1.80 bits per heavy atom. The molecule has 1 saturated heterocycles. The summed E-state index contributed by atoms with van der Waals surface area (Å²) in [5.41, 5.74) is 6.05. The molecule has 1 aromatic carbocycles. The Kier molecular flexibility index (Phi) is 6.96. The fourth-order valence-electron chi connectivity index (χ4n) is 3.22. The van der Waals surface area contributed by atoms with Crippen LogP contribution in [0.4, 0.5) is 0 Å². The molecule has 6 heteroatoms. The van der Waals surface area contributed by atoms with E-state index in [1.165, 1.54) is 16.7 Å². The van der Waals surface area contributed by atoms with E-state index in [4.69, 9.17) is 5.84 Å². The van der Waals surface area contributed by atoms with Crippen molar-refractivity contribution in [2.75, 3.05) is 26.2 Å². The van der Waals surface area contributed by atoms with Crippen LogP contribution in [0.1, 0.15) is 48.9 Å². The van der Waals surface area contributed by atoms with Crippen LogP contribution in [-0.2, 0) is 9.59 Å². The topological polar surface area (TPSA) is 78.7 Å². The van der Waals surface area contributed by atoms with Crippen LogP contribution in [0, 0.1) is 13.8 Å². The average molecular weight is 346 g/mol. The number of nitrogens with two attached hydrogens (primary N) is 1. The molecule has 1 heterocycles. The van der Waals surface area contributed by atoms with Gasteiger partial charge >= 0.3 is 0 Å². The summed E-state index contributed by atoms with van der Waals surface area (Å²) in [6.07, 6.45) is 1.24. The number of amides is 2. The highest BCUT2D eigenvalue weighted by molar-refractivity contribution is 5.78. The molecule has 138 valence electrons. The van der Waals surface area contributed by atoms with E-state index >= 15 is 0 Å². The van der Waals surface area contributed by atoms with E-state index in [1.807, 2.05) is 4.90 Å². The Morgan fingerprint density at radius 3 is 2.40 bits per heavy atom. The largest absolute Gasteiger partial charge is 0.340 e. The lowest BCUT2D eigenvalue weighted by atomic mass is 10.0. The number of aryl methyl sites for hydroxylation is 2. The van der Waals surface area contributed by atoms with Crippen molar-refractivity contribution < 1.29 is 9.59 Å². The van der Waals surface area contributed by atoms with Crippen molar-refractivity contribution in [3.05, 3.63) is 34.9 Å². The monoisotopic (exact) mass is 346 g/mol. The number of carbonyl (C=O) groups excluding carboxylic acids is 2. The number of hydrogen-bond acceptors (Lipinski definition) is 4. The van der Waals surface area contributed by atoms with Crippen molar-refractivity contribution in [3.63, 3.8) is 0 Å².